The van der Waals surface area contributed by atoms with Crippen molar-refractivity contribution >= 4 is 35.1 Å². The molecule has 0 radical (unpaired) electrons. The van der Waals surface area contributed by atoms with Crippen molar-refractivity contribution in [3.8, 4) is 0 Å². The first-order chi connectivity index (χ1) is 20.7. The first-order valence-corrected chi connectivity index (χ1v) is 15.2. The van der Waals surface area contributed by atoms with Crippen LogP contribution < -0.4 is 21.3 Å². The summed E-state index contributed by atoms with van der Waals surface area (Å²) in [7, 11) is 1.75. The van der Waals surface area contributed by atoms with E-state index in [-0.39, 0.29) is 35.4 Å². The normalized spacial score (nSPS) is 22.4. The second kappa shape index (κ2) is 13.5. The summed E-state index contributed by atoms with van der Waals surface area (Å²) in [5.41, 5.74) is 9.11. The summed E-state index contributed by atoms with van der Waals surface area (Å²) in [6, 6.07) is 11.3. The Labute approximate surface area is 252 Å². The lowest BCUT2D eigenvalue weighted by Gasteiger charge is -2.42. The fourth-order valence-electron chi connectivity index (χ4n) is 6.81. The number of nitrogens with zero attached hydrogens (tertiary/aromatic N) is 2. The summed E-state index contributed by atoms with van der Waals surface area (Å²) in [5, 5.41) is 22.5. The number of hydrogen-bond acceptors (Lipinski definition) is 6. The molecular weight excluding hydrogens is 548 g/mol. The highest BCUT2D eigenvalue weighted by atomic mass is 16.5. The molecule has 5 rings (SSSR count). The van der Waals surface area contributed by atoms with E-state index in [2.05, 4.69) is 21.6 Å². The number of benzene rings is 2. The number of nitrogens with one attached hydrogen (secondary N) is 3. The first kappa shape index (κ1) is 30.3. The summed E-state index contributed by atoms with van der Waals surface area (Å²) in [5.74, 6) is -1.21. The molecule has 11 heteroatoms. The lowest BCUT2D eigenvalue weighted by atomic mass is 9.80. The number of hydrogen-bond donors (Lipinski definition) is 5. The maximum Gasteiger partial charge on any atom is 0.335 e. The van der Waals surface area contributed by atoms with Crippen LogP contribution in [0.1, 0.15) is 66.1 Å². The number of aromatic carboxylic acids is 1. The zero-order valence-corrected chi connectivity index (χ0v) is 24.7. The Morgan fingerprint density at radius 3 is 2.33 bits per heavy atom. The Kier molecular flexibility index (Phi) is 9.49. The number of piperidine rings is 1. The molecule has 11 nitrogen and oxygen atoms in total. The van der Waals surface area contributed by atoms with E-state index >= 15 is 0 Å². The number of ether oxygens (including phenoxy) is 1. The van der Waals surface area contributed by atoms with Gasteiger partial charge in [-0.1, -0.05) is 12.1 Å². The highest BCUT2D eigenvalue weighted by Gasteiger charge is 2.40. The number of amides is 2. The zero-order chi connectivity index (χ0) is 30.5. The number of rotatable bonds is 8. The standard InChI is InChI=1S/C32H42N6O5/c1-43-24-13-16-37(17-14-24)27-4-2-3-26-25(27)15-18-38(30(40)21-7-5-20(6-8-21)19-35-32(33)34)28(26)29(39)36-23-11-9-22(10-12-23)31(41)42/h2-4,9-12,20-21,24,28H,5-8,13-19H2,1H3,(H,36,39)(H,41,42)(H4,33,34,35). The van der Waals surface area contributed by atoms with Gasteiger partial charge in [0.2, 0.25) is 5.91 Å². The predicted octanol–water partition coefficient (Wildman–Crippen LogP) is 3.35. The lowest BCUT2D eigenvalue weighted by Crippen LogP contribution is -2.48. The first-order valence-electron chi connectivity index (χ1n) is 15.2. The van der Waals surface area contributed by atoms with E-state index in [9.17, 15) is 19.5 Å². The zero-order valence-electron chi connectivity index (χ0n) is 24.7. The van der Waals surface area contributed by atoms with Crippen molar-refractivity contribution in [1.82, 2.24) is 10.2 Å². The molecule has 3 aliphatic rings. The van der Waals surface area contributed by atoms with Gasteiger partial charge in [-0.3, -0.25) is 15.0 Å². The van der Waals surface area contributed by atoms with Gasteiger partial charge in [-0.2, -0.15) is 0 Å². The maximum atomic E-state index is 14.1. The van der Waals surface area contributed by atoms with Gasteiger partial charge in [0.25, 0.3) is 5.91 Å². The van der Waals surface area contributed by atoms with Gasteiger partial charge in [0, 0.05) is 50.6 Å². The van der Waals surface area contributed by atoms with Crippen LogP contribution in [-0.2, 0) is 20.7 Å². The Morgan fingerprint density at radius 2 is 1.70 bits per heavy atom. The van der Waals surface area contributed by atoms with Crippen LogP contribution in [0.2, 0.25) is 0 Å². The van der Waals surface area contributed by atoms with E-state index in [4.69, 9.17) is 15.9 Å². The molecule has 2 aliphatic heterocycles. The number of carbonyl (C=O) groups excluding carboxylic acids is 2. The fraction of sp³-hybridized carbons (Fsp3) is 0.500. The molecular formula is C32H42N6O5. The van der Waals surface area contributed by atoms with Crippen molar-refractivity contribution in [2.24, 2.45) is 17.6 Å². The van der Waals surface area contributed by atoms with Gasteiger partial charge in [-0.05, 0) is 92.3 Å². The second-order valence-electron chi connectivity index (χ2n) is 11.8. The predicted molar refractivity (Wildman–Crippen MR) is 164 cm³/mol. The minimum absolute atomic E-state index is 0.00341. The average Bonchev–Trinajstić information content (AvgIpc) is 3.03. The van der Waals surface area contributed by atoms with Gasteiger partial charge in [-0.15, -0.1) is 0 Å². The molecule has 230 valence electrons. The van der Waals surface area contributed by atoms with Crippen LogP contribution in [0.5, 0.6) is 0 Å². The number of methoxy groups -OCH3 is 1. The molecule has 1 unspecified atom stereocenters. The average molecular weight is 591 g/mol. The molecule has 1 saturated heterocycles. The number of carbonyl (C=O) groups is 3. The number of carboxylic acids is 1. The molecule has 1 saturated carbocycles. The third kappa shape index (κ3) is 6.93. The van der Waals surface area contributed by atoms with E-state index < -0.39 is 12.0 Å². The smallest absolute Gasteiger partial charge is 0.335 e. The van der Waals surface area contributed by atoms with Gasteiger partial charge in [0.05, 0.1) is 11.7 Å². The van der Waals surface area contributed by atoms with Crippen molar-refractivity contribution in [1.29, 1.82) is 5.41 Å². The van der Waals surface area contributed by atoms with E-state index in [1.54, 1.807) is 24.1 Å². The Morgan fingerprint density at radius 1 is 1.00 bits per heavy atom. The molecule has 43 heavy (non-hydrogen) atoms. The second-order valence-corrected chi connectivity index (χ2v) is 11.8. The molecule has 6 N–H and O–H groups in total. The lowest BCUT2D eigenvalue weighted by molar-refractivity contribution is -0.144. The van der Waals surface area contributed by atoms with Crippen LogP contribution in [0.4, 0.5) is 11.4 Å². The highest BCUT2D eigenvalue weighted by molar-refractivity contribution is 5.99. The molecule has 0 bridgehead atoms. The van der Waals surface area contributed by atoms with Crippen molar-refractivity contribution in [2.75, 3.05) is 43.5 Å². The number of fused-ring (bicyclic) bond motifs is 1. The van der Waals surface area contributed by atoms with Crippen LogP contribution in [-0.4, -0.2) is 73.1 Å². The van der Waals surface area contributed by atoms with Gasteiger partial charge in [0.1, 0.15) is 6.04 Å². The largest absolute Gasteiger partial charge is 0.478 e. The molecule has 1 atom stereocenters. The summed E-state index contributed by atoms with van der Waals surface area (Å²) in [6.45, 7) is 2.81. The van der Waals surface area contributed by atoms with Gasteiger partial charge >= 0.3 is 5.97 Å². The SMILES string of the molecule is COC1CCN(c2cccc3c2CCN(C(=O)C2CCC(CNC(=N)N)CC2)C3C(=O)Nc2ccc(C(=O)O)cc2)CC1. The minimum Gasteiger partial charge on any atom is -0.478 e. The third-order valence-electron chi connectivity index (χ3n) is 9.22. The highest BCUT2D eigenvalue weighted by Crippen LogP contribution is 2.39. The van der Waals surface area contributed by atoms with Gasteiger partial charge < -0.3 is 36.0 Å². The molecule has 0 spiro atoms. The molecule has 2 heterocycles. The molecule has 2 aromatic carbocycles. The van der Waals surface area contributed by atoms with Crippen molar-refractivity contribution < 1.29 is 24.2 Å². The monoisotopic (exact) mass is 590 g/mol. The molecule has 2 amide bonds. The van der Waals surface area contributed by atoms with E-state index in [1.807, 2.05) is 12.1 Å². The van der Waals surface area contributed by atoms with Crippen LogP contribution in [0, 0.1) is 17.2 Å². The van der Waals surface area contributed by atoms with Crippen LogP contribution in [0.3, 0.4) is 0 Å². The molecule has 1 aliphatic carbocycles. The number of anilines is 2. The topological polar surface area (TPSA) is 161 Å². The molecule has 0 aromatic heterocycles. The molecule has 2 fully saturated rings. The summed E-state index contributed by atoms with van der Waals surface area (Å²) < 4.78 is 5.57. The fourth-order valence-corrected chi connectivity index (χ4v) is 6.81. The summed E-state index contributed by atoms with van der Waals surface area (Å²) >= 11 is 0. The Bertz CT molecular complexity index is 1330. The number of guanidine groups is 1. The van der Waals surface area contributed by atoms with E-state index in [0.717, 1.165) is 68.4 Å². The van der Waals surface area contributed by atoms with Gasteiger partial charge in [-0.25, -0.2) is 4.79 Å². The molecule has 2 aromatic rings. The minimum atomic E-state index is -1.04. The third-order valence-corrected chi connectivity index (χ3v) is 9.22. The van der Waals surface area contributed by atoms with Gasteiger partial charge in [0.15, 0.2) is 5.96 Å². The Hall–Kier alpha value is -4.12. The summed E-state index contributed by atoms with van der Waals surface area (Å²) in [4.78, 5) is 43.5. The quantitative estimate of drug-likeness (QED) is 0.231. The summed E-state index contributed by atoms with van der Waals surface area (Å²) in [6.07, 6.45) is 5.96. The van der Waals surface area contributed by atoms with Crippen LogP contribution in [0.25, 0.3) is 0 Å². The van der Waals surface area contributed by atoms with E-state index in [0.29, 0.717) is 31.1 Å². The van der Waals surface area contributed by atoms with Crippen molar-refractivity contribution in [3.05, 3.63) is 59.2 Å². The Balaban J connectivity index is 1.39. The van der Waals surface area contributed by atoms with E-state index in [1.165, 1.54) is 12.1 Å². The maximum absolute atomic E-state index is 14.1. The van der Waals surface area contributed by atoms with Crippen LogP contribution in [0.15, 0.2) is 42.5 Å². The number of carboxylic acid groups (broad SMARTS) is 1. The number of nitrogens with two attached hydrogens (primary N) is 1. The van der Waals surface area contributed by atoms with Crippen molar-refractivity contribution in [3.63, 3.8) is 0 Å². The van der Waals surface area contributed by atoms with Crippen molar-refractivity contribution in [2.45, 2.75) is 57.1 Å². The van der Waals surface area contributed by atoms with Crippen LogP contribution >= 0.6 is 0 Å².